The van der Waals surface area contributed by atoms with Crippen molar-refractivity contribution in [2.45, 2.75) is 40.5 Å². The SMILES string of the molecule is C=CC(C)(CNCCC)CC(C)C. The minimum absolute atomic E-state index is 0.267. The van der Waals surface area contributed by atoms with Crippen LogP contribution in [0.1, 0.15) is 40.5 Å². The summed E-state index contributed by atoms with van der Waals surface area (Å²) in [5.74, 6) is 0.742. The van der Waals surface area contributed by atoms with E-state index in [1.165, 1.54) is 12.8 Å². The summed E-state index contributed by atoms with van der Waals surface area (Å²) in [4.78, 5) is 0. The van der Waals surface area contributed by atoms with Gasteiger partial charge in [0.05, 0.1) is 0 Å². The van der Waals surface area contributed by atoms with Gasteiger partial charge in [-0.05, 0) is 30.7 Å². The van der Waals surface area contributed by atoms with Crippen LogP contribution in [0.25, 0.3) is 0 Å². The fourth-order valence-electron chi connectivity index (χ4n) is 1.71. The van der Waals surface area contributed by atoms with Crippen LogP contribution in [0.3, 0.4) is 0 Å². The van der Waals surface area contributed by atoms with E-state index in [2.05, 4.69) is 45.7 Å². The molecule has 1 atom stereocenters. The molecule has 0 spiro atoms. The molecule has 0 amide bonds. The minimum atomic E-state index is 0.267. The first-order valence-electron chi connectivity index (χ1n) is 5.38. The van der Waals surface area contributed by atoms with Gasteiger partial charge in [0.15, 0.2) is 0 Å². The Bertz CT molecular complexity index is 140. The summed E-state index contributed by atoms with van der Waals surface area (Å²) in [5.41, 5.74) is 0.267. The highest BCUT2D eigenvalue weighted by Crippen LogP contribution is 2.26. The molecule has 1 heteroatoms. The second kappa shape index (κ2) is 6.20. The van der Waals surface area contributed by atoms with Crippen LogP contribution in [0.5, 0.6) is 0 Å². The van der Waals surface area contributed by atoms with Gasteiger partial charge in [-0.2, -0.15) is 0 Å². The molecule has 0 bridgehead atoms. The first-order valence-corrected chi connectivity index (χ1v) is 5.38. The topological polar surface area (TPSA) is 12.0 Å². The van der Waals surface area contributed by atoms with Crippen LogP contribution in [0, 0.1) is 11.3 Å². The standard InChI is InChI=1S/C12H25N/c1-6-8-13-10-12(5,7-2)9-11(3)4/h7,11,13H,2,6,8-10H2,1,3-5H3. The van der Waals surface area contributed by atoms with Crippen molar-refractivity contribution in [3.05, 3.63) is 12.7 Å². The molecule has 1 unspecified atom stereocenters. The molecule has 0 aliphatic rings. The lowest BCUT2D eigenvalue weighted by Crippen LogP contribution is -2.31. The number of rotatable bonds is 7. The van der Waals surface area contributed by atoms with E-state index in [0.717, 1.165) is 19.0 Å². The first kappa shape index (κ1) is 12.7. The average molecular weight is 183 g/mol. The predicted molar refractivity (Wildman–Crippen MR) is 60.9 cm³/mol. The van der Waals surface area contributed by atoms with Gasteiger partial charge in [-0.3, -0.25) is 0 Å². The lowest BCUT2D eigenvalue weighted by Gasteiger charge is -2.28. The summed E-state index contributed by atoms with van der Waals surface area (Å²) >= 11 is 0. The van der Waals surface area contributed by atoms with Gasteiger partial charge in [-0.25, -0.2) is 0 Å². The van der Waals surface area contributed by atoms with E-state index in [4.69, 9.17) is 0 Å². The van der Waals surface area contributed by atoms with E-state index >= 15 is 0 Å². The van der Waals surface area contributed by atoms with Crippen molar-refractivity contribution in [1.82, 2.24) is 5.32 Å². The van der Waals surface area contributed by atoms with E-state index in [9.17, 15) is 0 Å². The summed E-state index contributed by atoms with van der Waals surface area (Å²) in [6.45, 7) is 15.1. The monoisotopic (exact) mass is 183 g/mol. The van der Waals surface area contributed by atoms with E-state index in [1.807, 2.05) is 0 Å². The Kier molecular flexibility index (Phi) is 6.06. The summed E-state index contributed by atoms with van der Waals surface area (Å²) < 4.78 is 0. The zero-order valence-corrected chi connectivity index (χ0v) is 9.69. The van der Waals surface area contributed by atoms with Gasteiger partial charge in [-0.1, -0.05) is 33.8 Å². The van der Waals surface area contributed by atoms with Crippen molar-refractivity contribution in [1.29, 1.82) is 0 Å². The van der Waals surface area contributed by atoms with Crippen LogP contribution in [-0.2, 0) is 0 Å². The highest BCUT2D eigenvalue weighted by atomic mass is 14.9. The maximum absolute atomic E-state index is 3.92. The van der Waals surface area contributed by atoms with Gasteiger partial charge in [0, 0.05) is 6.54 Å². The molecule has 0 rings (SSSR count). The maximum Gasteiger partial charge on any atom is 0.00398 e. The summed E-state index contributed by atoms with van der Waals surface area (Å²) in [5, 5.41) is 3.46. The third-order valence-electron chi connectivity index (χ3n) is 2.32. The van der Waals surface area contributed by atoms with Crippen LogP contribution in [0.4, 0.5) is 0 Å². The summed E-state index contributed by atoms with van der Waals surface area (Å²) in [7, 11) is 0. The predicted octanol–water partition coefficient (Wildman–Crippen LogP) is 3.22. The lowest BCUT2D eigenvalue weighted by atomic mass is 9.82. The van der Waals surface area contributed by atoms with Gasteiger partial charge in [0.25, 0.3) is 0 Å². The molecule has 0 aromatic rings. The van der Waals surface area contributed by atoms with Crippen LogP contribution < -0.4 is 5.32 Å². The Morgan fingerprint density at radius 1 is 1.46 bits per heavy atom. The normalized spacial score (nSPS) is 15.8. The molecule has 1 N–H and O–H groups in total. The molecule has 1 nitrogen and oxygen atoms in total. The average Bonchev–Trinajstić information content (AvgIpc) is 2.04. The van der Waals surface area contributed by atoms with E-state index < -0.39 is 0 Å². The molecule has 0 aliphatic heterocycles. The Hall–Kier alpha value is -0.300. The third kappa shape index (κ3) is 5.87. The largest absolute Gasteiger partial charge is 0.316 e. The van der Waals surface area contributed by atoms with Crippen LogP contribution >= 0.6 is 0 Å². The van der Waals surface area contributed by atoms with Gasteiger partial charge >= 0.3 is 0 Å². The Balaban J connectivity index is 3.88. The molecule has 0 heterocycles. The fourth-order valence-corrected chi connectivity index (χ4v) is 1.71. The van der Waals surface area contributed by atoms with Gasteiger partial charge in [-0.15, -0.1) is 6.58 Å². The van der Waals surface area contributed by atoms with Crippen molar-refractivity contribution in [3.63, 3.8) is 0 Å². The number of nitrogens with one attached hydrogen (secondary N) is 1. The molecule has 0 aliphatic carbocycles. The van der Waals surface area contributed by atoms with Crippen molar-refractivity contribution >= 4 is 0 Å². The van der Waals surface area contributed by atoms with Crippen molar-refractivity contribution in [2.24, 2.45) is 11.3 Å². The quantitative estimate of drug-likeness (QED) is 0.472. The molecular formula is C12H25N. The number of hydrogen-bond donors (Lipinski definition) is 1. The van der Waals surface area contributed by atoms with E-state index in [0.29, 0.717) is 0 Å². The van der Waals surface area contributed by atoms with Gasteiger partial charge in [0.1, 0.15) is 0 Å². The second-order valence-electron chi connectivity index (χ2n) is 4.63. The second-order valence-corrected chi connectivity index (χ2v) is 4.63. The smallest absolute Gasteiger partial charge is 0.00398 e. The summed E-state index contributed by atoms with van der Waals surface area (Å²) in [6.07, 6.45) is 4.51. The Labute approximate surface area is 83.6 Å². The molecule has 0 saturated carbocycles. The zero-order valence-electron chi connectivity index (χ0n) is 9.69. The molecule has 0 fully saturated rings. The van der Waals surface area contributed by atoms with Crippen LogP contribution in [0.15, 0.2) is 12.7 Å². The van der Waals surface area contributed by atoms with Crippen molar-refractivity contribution < 1.29 is 0 Å². The van der Waals surface area contributed by atoms with Gasteiger partial charge in [0.2, 0.25) is 0 Å². The molecule has 78 valence electrons. The van der Waals surface area contributed by atoms with Crippen molar-refractivity contribution in [2.75, 3.05) is 13.1 Å². The minimum Gasteiger partial charge on any atom is -0.316 e. The van der Waals surface area contributed by atoms with E-state index in [-0.39, 0.29) is 5.41 Å². The molecule has 13 heavy (non-hydrogen) atoms. The number of hydrogen-bond acceptors (Lipinski definition) is 1. The maximum atomic E-state index is 3.92. The molecule has 0 aromatic heterocycles. The van der Waals surface area contributed by atoms with E-state index in [1.54, 1.807) is 0 Å². The molecule has 0 radical (unpaired) electrons. The van der Waals surface area contributed by atoms with Crippen LogP contribution in [0.2, 0.25) is 0 Å². The Morgan fingerprint density at radius 3 is 2.46 bits per heavy atom. The molecule has 0 saturated heterocycles. The third-order valence-corrected chi connectivity index (χ3v) is 2.32. The highest BCUT2D eigenvalue weighted by molar-refractivity contribution is 4.93. The Morgan fingerprint density at radius 2 is 2.08 bits per heavy atom. The first-order chi connectivity index (χ1) is 6.04. The van der Waals surface area contributed by atoms with Crippen molar-refractivity contribution in [3.8, 4) is 0 Å². The molecular weight excluding hydrogens is 158 g/mol. The lowest BCUT2D eigenvalue weighted by molar-refractivity contribution is 0.317. The summed E-state index contributed by atoms with van der Waals surface area (Å²) in [6, 6.07) is 0. The fraction of sp³-hybridized carbons (Fsp3) is 0.833. The molecule has 0 aromatic carbocycles. The zero-order chi connectivity index (χ0) is 10.3. The van der Waals surface area contributed by atoms with Gasteiger partial charge < -0.3 is 5.32 Å². The highest BCUT2D eigenvalue weighted by Gasteiger charge is 2.20. The van der Waals surface area contributed by atoms with Crippen LogP contribution in [-0.4, -0.2) is 13.1 Å².